The molecule has 0 aliphatic rings. The highest BCUT2D eigenvalue weighted by molar-refractivity contribution is 5.99. The van der Waals surface area contributed by atoms with Crippen LogP contribution in [0.15, 0.2) is 24.3 Å². The predicted octanol–water partition coefficient (Wildman–Crippen LogP) is 2.11. The molecule has 0 radical (unpaired) electrons. The number of carbonyl (C=O) groups excluding carboxylic acids is 1. The van der Waals surface area contributed by atoms with E-state index in [1.54, 1.807) is 7.05 Å². The number of amides is 1. The van der Waals surface area contributed by atoms with Gasteiger partial charge in [0.15, 0.2) is 0 Å². The Morgan fingerprint density at radius 3 is 2.60 bits per heavy atom. The monoisotopic (exact) mass is 206 g/mol. The first-order chi connectivity index (χ1) is 7.15. The van der Waals surface area contributed by atoms with E-state index in [2.05, 4.69) is 24.5 Å². The largest absolute Gasteiger partial charge is 0.384 e. The topological polar surface area (TPSA) is 41.1 Å². The van der Waals surface area contributed by atoms with Gasteiger partial charge in [-0.2, -0.15) is 0 Å². The fourth-order valence-electron chi connectivity index (χ4n) is 1.28. The molecule has 1 aromatic carbocycles. The van der Waals surface area contributed by atoms with Gasteiger partial charge in [0.05, 0.1) is 5.56 Å². The molecule has 0 bridgehead atoms. The number of rotatable bonds is 4. The zero-order chi connectivity index (χ0) is 11.3. The highest BCUT2D eigenvalue weighted by Crippen LogP contribution is 2.15. The van der Waals surface area contributed by atoms with Crippen LogP contribution >= 0.6 is 0 Å². The molecule has 0 aliphatic heterocycles. The summed E-state index contributed by atoms with van der Waals surface area (Å²) in [6, 6.07) is 7.54. The molecule has 0 aliphatic carbocycles. The Balaban J connectivity index is 2.81. The van der Waals surface area contributed by atoms with E-state index in [-0.39, 0.29) is 5.91 Å². The molecule has 0 spiro atoms. The molecule has 0 fully saturated rings. The van der Waals surface area contributed by atoms with Crippen LogP contribution in [0.25, 0.3) is 0 Å². The Morgan fingerprint density at radius 2 is 2.00 bits per heavy atom. The second kappa shape index (κ2) is 5.39. The molecule has 1 aromatic rings. The van der Waals surface area contributed by atoms with Gasteiger partial charge in [-0.1, -0.05) is 26.0 Å². The minimum Gasteiger partial charge on any atom is -0.384 e. The first-order valence-electron chi connectivity index (χ1n) is 5.20. The van der Waals surface area contributed by atoms with Gasteiger partial charge in [0, 0.05) is 19.3 Å². The molecular weight excluding hydrogens is 188 g/mol. The number of carbonyl (C=O) groups is 1. The molecule has 2 N–H and O–H groups in total. The number of para-hydroxylation sites is 1. The summed E-state index contributed by atoms with van der Waals surface area (Å²) in [5, 5.41) is 5.90. The highest BCUT2D eigenvalue weighted by atomic mass is 16.1. The summed E-state index contributed by atoms with van der Waals surface area (Å²) in [4.78, 5) is 11.5. The van der Waals surface area contributed by atoms with Crippen molar-refractivity contribution in [2.45, 2.75) is 13.8 Å². The fraction of sp³-hybridized carbons (Fsp3) is 0.417. The van der Waals surface area contributed by atoms with Crippen molar-refractivity contribution < 1.29 is 4.79 Å². The van der Waals surface area contributed by atoms with Crippen molar-refractivity contribution >= 4 is 11.6 Å². The van der Waals surface area contributed by atoms with E-state index in [9.17, 15) is 4.79 Å². The first kappa shape index (κ1) is 11.6. The number of hydrogen-bond acceptors (Lipinski definition) is 2. The maximum atomic E-state index is 11.5. The molecule has 0 aromatic heterocycles. The minimum atomic E-state index is -0.0538. The SMILES string of the molecule is CNC(=O)c1ccccc1NCC(C)C. The molecule has 1 amide bonds. The fourth-order valence-corrected chi connectivity index (χ4v) is 1.28. The number of benzene rings is 1. The summed E-state index contributed by atoms with van der Waals surface area (Å²) >= 11 is 0. The van der Waals surface area contributed by atoms with Gasteiger partial charge in [-0.25, -0.2) is 0 Å². The van der Waals surface area contributed by atoms with E-state index in [0.717, 1.165) is 12.2 Å². The van der Waals surface area contributed by atoms with Crippen molar-refractivity contribution in [1.29, 1.82) is 0 Å². The molecular formula is C12H18N2O. The average molecular weight is 206 g/mol. The Morgan fingerprint density at radius 1 is 1.33 bits per heavy atom. The molecule has 0 saturated heterocycles. The van der Waals surface area contributed by atoms with Crippen LogP contribution < -0.4 is 10.6 Å². The number of nitrogens with one attached hydrogen (secondary N) is 2. The molecule has 0 unspecified atom stereocenters. The molecule has 0 atom stereocenters. The average Bonchev–Trinajstić information content (AvgIpc) is 2.25. The lowest BCUT2D eigenvalue weighted by Gasteiger charge is -2.12. The lowest BCUT2D eigenvalue weighted by molar-refractivity contribution is 0.0964. The molecule has 3 nitrogen and oxygen atoms in total. The molecule has 15 heavy (non-hydrogen) atoms. The molecule has 1 rings (SSSR count). The van der Waals surface area contributed by atoms with Gasteiger partial charge in [0.2, 0.25) is 0 Å². The Bertz CT molecular complexity index is 334. The molecule has 82 valence electrons. The Hall–Kier alpha value is -1.51. The second-order valence-electron chi connectivity index (χ2n) is 3.90. The van der Waals surface area contributed by atoms with Crippen molar-refractivity contribution in [2.75, 3.05) is 18.9 Å². The van der Waals surface area contributed by atoms with Crippen LogP contribution in [0.5, 0.6) is 0 Å². The van der Waals surface area contributed by atoms with Gasteiger partial charge in [-0.15, -0.1) is 0 Å². The lowest BCUT2D eigenvalue weighted by Crippen LogP contribution is -2.20. The van der Waals surface area contributed by atoms with E-state index in [1.165, 1.54) is 0 Å². The van der Waals surface area contributed by atoms with Crippen LogP contribution in [0.4, 0.5) is 5.69 Å². The second-order valence-corrected chi connectivity index (χ2v) is 3.90. The normalized spacial score (nSPS) is 10.1. The van der Waals surface area contributed by atoms with Crippen LogP contribution in [0.3, 0.4) is 0 Å². The van der Waals surface area contributed by atoms with Crippen molar-refractivity contribution in [1.82, 2.24) is 5.32 Å². The Kier molecular flexibility index (Phi) is 4.16. The van der Waals surface area contributed by atoms with Crippen LogP contribution in [0, 0.1) is 5.92 Å². The third-order valence-electron chi connectivity index (χ3n) is 2.10. The van der Waals surface area contributed by atoms with Crippen LogP contribution in [-0.4, -0.2) is 19.5 Å². The predicted molar refractivity (Wildman–Crippen MR) is 63.2 cm³/mol. The van der Waals surface area contributed by atoms with E-state index in [0.29, 0.717) is 11.5 Å². The lowest BCUT2D eigenvalue weighted by atomic mass is 10.1. The van der Waals surface area contributed by atoms with E-state index < -0.39 is 0 Å². The zero-order valence-corrected chi connectivity index (χ0v) is 9.50. The summed E-state index contributed by atoms with van der Waals surface area (Å²) in [6.07, 6.45) is 0. The third-order valence-corrected chi connectivity index (χ3v) is 2.10. The van der Waals surface area contributed by atoms with Gasteiger partial charge in [0.1, 0.15) is 0 Å². The third kappa shape index (κ3) is 3.27. The summed E-state index contributed by atoms with van der Waals surface area (Å²) in [6.45, 7) is 5.14. The highest BCUT2D eigenvalue weighted by Gasteiger charge is 2.08. The van der Waals surface area contributed by atoms with Crippen molar-refractivity contribution in [3.05, 3.63) is 29.8 Å². The smallest absolute Gasteiger partial charge is 0.253 e. The maximum absolute atomic E-state index is 11.5. The molecule has 0 heterocycles. The van der Waals surface area contributed by atoms with E-state index in [4.69, 9.17) is 0 Å². The van der Waals surface area contributed by atoms with Gasteiger partial charge in [-0.05, 0) is 18.1 Å². The quantitative estimate of drug-likeness (QED) is 0.792. The minimum absolute atomic E-state index is 0.0538. The molecule has 3 heteroatoms. The van der Waals surface area contributed by atoms with Crippen molar-refractivity contribution in [2.24, 2.45) is 5.92 Å². The van der Waals surface area contributed by atoms with Crippen LogP contribution in [0.2, 0.25) is 0 Å². The van der Waals surface area contributed by atoms with Crippen LogP contribution in [0.1, 0.15) is 24.2 Å². The zero-order valence-electron chi connectivity index (χ0n) is 9.50. The first-order valence-corrected chi connectivity index (χ1v) is 5.20. The number of hydrogen-bond donors (Lipinski definition) is 2. The van der Waals surface area contributed by atoms with E-state index in [1.807, 2.05) is 24.3 Å². The maximum Gasteiger partial charge on any atom is 0.253 e. The summed E-state index contributed by atoms with van der Waals surface area (Å²) in [5.41, 5.74) is 1.59. The van der Waals surface area contributed by atoms with Gasteiger partial charge in [0.25, 0.3) is 5.91 Å². The van der Waals surface area contributed by atoms with Gasteiger partial charge < -0.3 is 10.6 Å². The summed E-state index contributed by atoms with van der Waals surface area (Å²) in [7, 11) is 1.64. The Labute approximate surface area is 90.9 Å². The van der Waals surface area contributed by atoms with Crippen molar-refractivity contribution in [3.8, 4) is 0 Å². The standard InChI is InChI=1S/C12H18N2O/c1-9(2)8-14-11-7-5-4-6-10(11)12(15)13-3/h4-7,9,14H,8H2,1-3H3,(H,13,15). The summed E-state index contributed by atoms with van der Waals surface area (Å²) in [5.74, 6) is 0.504. The summed E-state index contributed by atoms with van der Waals surface area (Å²) < 4.78 is 0. The van der Waals surface area contributed by atoms with Crippen molar-refractivity contribution in [3.63, 3.8) is 0 Å². The van der Waals surface area contributed by atoms with Crippen LogP contribution in [-0.2, 0) is 0 Å². The van der Waals surface area contributed by atoms with Gasteiger partial charge >= 0.3 is 0 Å². The van der Waals surface area contributed by atoms with E-state index >= 15 is 0 Å². The molecule has 0 saturated carbocycles. The number of anilines is 1. The van der Waals surface area contributed by atoms with Gasteiger partial charge in [-0.3, -0.25) is 4.79 Å².